The van der Waals surface area contributed by atoms with Gasteiger partial charge < -0.3 is 66.9 Å². The maximum absolute atomic E-state index is 13.2. The van der Waals surface area contributed by atoms with Crippen LogP contribution in [0.4, 0.5) is 5.69 Å². The molecule has 2 aromatic carbocycles. The van der Waals surface area contributed by atoms with Gasteiger partial charge in [0.2, 0.25) is 11.8 Å². The van der Waals surface area contributed by atoms with Crippen molar-refractivity contribution in [2.24, 2.45) is 0 Å². The third kappa shape index (κ3) is 22.7. The summed E-state index contributed by atoms with van der Waals surface area (Å²) in [7, 11) is 0. The normalized spacial score (nSPS) is 14.9. The number of para-hydroxylation sites is 1. The number of fused-ring (bicyclic) bond motifs is 1. The summed E-state index contributed by atoms with van der Waals surface area (Å²) in [5, 5.41) is 5.33. The average Bonchev–Trinajstić information content (AvgIpc) is 3.57. The summed E-state index contributed by atoms with van der Waals surface area (Å²) < 4.78 is 71.7. The number of ether oxygens (including phenoxy) is 13. The number of anilines is 1. The minimum Gasteiger partial charge on any atom is -0.491 e. The summed E-state index contributed by atoms with van der Waals surface area (Å²) in [6, 6.07) is 13.5. The molecule has 0 aliphatic carbocycles. The van der Waals surface area contributed by atoms with Crippen LogP contribution >= 0.6 is 0 Å². The van der Waals surface area contributed by atoms with Crippen molar-refractivity contribution >= 4 is 29.3 Å². The molecule has 2 aromatic rings. The van der Waals surface area contributed by atoms with Crippen molar-refractivity contribution in [2.75, 3.05) is 177 Å². The van der Waals surface area contributed by atoms with Gasteiger partial charge in [-0.3, -0.25) is 29.4 Å². The van der Waals surface area contributed by atoms with Gasteiger partial charge in [-0.15, -0.1) is 0 Å². The highest BCUT2D eigenvalue weighted by Gasteiger charge is 2.45. The molecule has 2 heterocycles. The summed E-state index contributed by atoms with van der Waals surface area (Å²) in [4.78, 5) is 50.9. The van der Waals surface area contributed by atoms with Crippen LogP contribution in [0.5, 0.6) is 5.75 Å². The zero-order valence-electron chi connectivity index (χ0n) is 37.4. The Morgan fingerprint density at radius 1 is 0.462 bits per heavy atom. The number of imide groups is 2. The molecule has 0 radical (unpaired) electrons. The fourth-order valence-corrected chi connectivity index (χ4v) is 6.18. The molecule has 1 atom stereocenters. The van der Waals surface area contributed by atoms with E-state index in [1.165, 1.54) is 0 Å². The van der Waals surface area contributed by atoms with E-state index in [0.717, 1.165) is 10.6 Å². The molecule has 2 N–H and O–H groups in total. The van der Waals surface area contributed by atoms with E-state index in [1.807, 2.05) is 30.3 Å². The topological polar surface area (TPSA) is 216 Å². The molecular weight excluding hydrogens is 854 g/mol. The van der Waals surface area contributed by atoms with Crippen molar-refractivity contribution in [3.63, 3.8) is 0 Å². The van der Waals surface area contributed by atoms with Crippen LogP contribution in [-0.2, 0) is 66.4 Å². The number of carbonyl (C=O) groups is 4. The first-order valence-corrected chi connectivity index (χ1v) is 22.3. The zero-order chi connectivity index (χ0) is 45.8. The lowest BCUT2D eigenvalue weighted by Crippen LogP contribution is -2.54. The number of carbonyl (C=O) groups excluding carboxylic acids is 4. The lowest BCUT2D eigenvalue weighted by molar-refractivity contribution is -0.136. The van der Waals surface area contributed by atoms with Crippen LogP contribution in [0.3, 0.4) is 0 Å². The van der Waals surface area contributed by atoms with E-state index < -0.39 is 29.7 Å². The van der Waals surface area contributed by atoms with Crippen LogP contribution in [0.25, 0.3) is 0 Å². The molecule has 1 saturated heterocycles. The molecule has 1 unspecified atom stereocenters. The van der Waals surface area contributed by atoms with Crippen LogP contribution in [0.15, 0.2) is 48.5 Å². The maximum Gasteiger partial charge on any atom is 0.264 e. The van der Waals surface area contributed by atoms with E-state index in [4.69, 9.17) is 61.6 Å². The predicted molar refractivity (Wildman–Crippen MR) is 233 cm³/mol. The highest BCUT2D eigenvalue weighted by atomic mass is 16.6. The highest BCUT2D eigenvalue weighted by molar-refractivity contribution is 6.25. The van der Waals surface area contributed by atoms with Crippen LogP contribution < -0.4 is 15.4 Å². The summed E-state index contributed by atoms with van der Waals surface area (Å²) in [5.74, 6) is -1.34. The first-order valence-electron chi connectivity index (χ1n) is 22.3. The van der Waals surface area contributed by atoms with Gasteiger partial charge in [0.15, 0.2) is 0 Å². The Morgan fingerprint density at radius 2 is 0.862 bits per heavy atom. The first-order chi connectivity index (χ1) is 32.1. The van der Waals surface area contributed by atoms with Crippen LogP contribution in [-0.4, -0.2) is 206 Å². The van der Waals surface area contributed by atoms with Crippen molar-refractivity contribution in [2.45, 2.75) is 18.9 Å². The molecule has 0 spiro atoms. The average molecular weight is 922 g/mol. The molecule has 4 rings (SSSR count). The number of piperidine rings is 1. The Hall–Kier alpha value is -4.16. The molecule has 0 saturated carbocycles. The van der Waals surface area contributed by atoms with Crippen molar-refractivity contribution in [1.82, 2.24) is 10.2 Å². The van der Waals surface area contributed by atoms with Crippen LogP contribution in [0.1, 0.15) is 33.6 Å². The van der Waals surface area contributed by atoms with Crippen molar-refractivity contribution in [1.29, 1.82) is 0 Å². The SMILES string of the molecule is O=C1CCC(N2C(=O)c3cccc(NCCOCCOCCOCCOCCOCCOCCOCCOCCOCCOCCOCCOCCOc4ccccc4)c3C2=O)C(=O)N1. The Kier molecular flexibility index (Phi) is 28.9. The molecule has 20 nitrogen and oxygen atoms in total. The standard InChI is InChI=1S/C45H67N3O17/c49-41-10-9-40(43(50)47-41)48-44(51)38-7-4-8-39(42(38)45(48)52)46-11-12-53-13-14-54-15-16-55-17-18-56-19-20-57-21-22-58-23-24-59-25-26-60-27-28-61-29-30-62-31-32-63-33-34-64-35-36-65-37-5-2-1-3-6-37/h1-8,40,46H,9-36H2,(H,47,49,50). The van der Waals surface area contributed by atoms with Crippen LogP contribution in [0, 0.1) is 0 Å². The minimum atomic E-state index is -1.01. The van der Waals surface area contributed by atoms with Gasteiger partial charge in [-0.2, -0.15) is 0 Å². The summed E-state index contributed by atoms with van der Waals surface area (Å²) in [5.41, 5.74) is 0.900. The predicted octanol–water partition coefficient (Wildman–Crippen LogP) is 1.78. The second kappa shape index (κ2) is 35.1. The van der Waals surface area contributed by atoms with E-state index in [-0.39, 0.29) is 24.0 Å². The fraction of sp³-hybridized carbons (Fsp3) is 0.644. The third-order valence-electron chi connectivity index (χ3n) is 9.36. The number of amides is 4. The highest BCUT2D eigenvalue weighted by Crippen LogP contribution is 2.32. The van der Waals surface area contributed by atoms with E-state index in [1.54, 1.807) is 18.2 Å². The molecule has 0 bridgehead atoms. The van der Waals surface area contributed by atoms with Crippen molar-refractivity contribution < 1.29 is 80.8 Å². The van der Waals surface area contributed by atoms with E-state index in [9.17, 15) is 19.2 Å². The van der Waals surface area contributed by atoms with Crippen LogP contribution in [0.2, 0.25) is 0 Å². The quantitative estimate of drug-likeness (QED) is 0.0717. The van der Waals surface area contributed by atoms with Gasteiger partial charge in [0.25, 0.3) is 11.8 Å². The van der Waals surface area contributed by atoms with Gasteiger partial charge in [0.05, 0.1) is 170 Å². The minimum absolute atomic E-state index is 0.0630. The van der Waals surface area contributed by atoms with Gasteiger partial charge in [-0.25, -0.2) is 0 Å². The van der Waals surface area contributed by atoms with Gasteiger partial charge in [-0.05, 0) is 30.7 Å². The van der Waals surface area contributed by atoms with E-state index >= 15 is 0 Å². The van der Waals surface area contributed by atoms with Gasteiger partial charge >= 0.3 is 0 Å². The summed E-state index contributed by atoms with van der Waals surface area (Å²) in [6.07, 6.45) is 0.164. The summed E-state index contributed by atoms with van der Waals surface area (Å²) >= 11 is 0. The van der Waals surface area contributed by atoms with Gasteiger partial charge in [0, 0.05) is 18.7 Å². The molecular formula is C45H67N3O17. The van der Waals surface area contributed by atoms with Crippen molar-refractivity contribution in [3.8, 4) is 5.75 Å². The van der Waals surface area contributed by atoms with Gasteiger partial charge in [-0.1, -0.05) is 24.3 Å². The van der Waals surface area contributed by atoms with Gasteiger partial charge in [0.1, 0.15) is 18.4 Å². The fourth-order valence-electron chi connectivity index (χ4n) is 6.18. The maximum atomic E-state index is 13.2. The molecule has 4 amide bonds. The molecule has 20 heteroatoms. The third-order valence-corrected chi connectivity index (χ3v) is 9.36. The number of nitrogens with zero attached hydrogens (tertiary/aromatic N) is 1. The Bertz CT molecular complexity index is 1610. The number of benzene rings is 2. The molecule has 1 fully saturated rings. The second-order valence-corrected chi connectivity index (χ2v) is 14.1. The lowest BCUT2D eigenvalue weighted by Gasteiger charge is -2.27. The number of hydrogen-bond acceptors (Lipinski definition) is 18. The zero-order valence-corrected chi connectivity index (χ0v) is 37.4. The number of rotatable bonds is 42. The smallest absolute Gasteiger partial charge is 0.264 e. The number of nitrogens with one attached hydrogen (secondary N) is 2. The first kappa shape index (κ1) is 53.5. The molecule has 65 heavy (non-hydrogen) atoms. The van der Waals surface area contributed by atoms with Crippen molar-refractivity contribution in [3.05, 3.63) is 59.7 Å². The largest absolute Gasteiger partial charge is 0.491 e. The summed E-state index contributed by atoms with van der Waals surface area (Å²) in [6.45, 7) is 11.9. The molecule has 0 aromatic heterocycles. The molecule has 2 aliphatic heterocycles. The lowest BCUT2D eigenvalue weighted by atomic mass is 10.0. The molecule has 2 aliphatic rings. The molecule has 364 valence electrons. The Morgan fingerprint density at radius 3 is 1.28 bits per heavy atom. The Labute approximate surface area is 381 Å². The monoisotopic (exact) mass is 921 g/mol. The second-order valence-electron chi connectivity index (χ2n) is 14.1. The van der Waals surface area contributed by atoms with E-state index in [2.05, 4.69) is 10.6 Å². The Balaban J connectivity index is 0.785. The van der Waals surface area contributed by atoms with E-state index in [0.29, 0.717) is 177 Å². The number of hydrogen-bond donors (Lipinski definition) is 2.